The smallest absolute Gasteiger partial charge is 0.268 e. The van der Waals surface area contributed by atoms with Crippen LogP contribution in [0.1, 0.15) is 30.2 Å². The summed E-state index contributed by atoms with van der Waals surface area (Å²) in [6, 6.07) is 5.71. The molecule has 0 fully saturated rings. The predicted molar refractivity (Wildman–Crippen MR) is 94.8 cm³/mol. The topological polar surface area (TPSA) is 59.5 Å². The molecule has 0 saturated heterocycles. The van der Waals surface area contributed by atoms with E-state index < -0.39 is 6.10 Å². The van der Waals surface area contributed by atoms with Crippen LogP contribution in [0.3, 0.4) is 0 Å². The summed E-state index contributed by atoms with van der Waals surface area (Å²) in [4.78, 5) is 31.5. The lowest BCUT2D eigenvalue weighted by Gasteiger charge is -2.33. The molecule has 0 N–H and O–H groups in total. The lowest BCUT2D eigenvalue weighted by atomic mass is 10.1. The SMILES string of the molecule is CCC1Oc2ccc(-c3nc(C)sc3C)cc2N(CC(C)=O)C1=O. The number of carbonyl (C=O) groups excluding carboxylic acids is 2. The van der Waals surface area contributed by atoms with Crippen LogP contribution in [0.15, 0.2) is 18.2 Å². The van der Waals surface area contributed by atoms with Gasteiger partial charge >= 0.3 is 0 Å². The molecule has 3 rings (SSSR count). The third-order valence-corrected chi connectivity index (χ3v) is 4.88. The van der Waals surface area contributed by atoms with Crippen LogP contribution in [0, 0.1) is 13.8 Å². The van der Waals surface area contributed by atoms with E-state index in [2.05, 4.69) is 4.98 Å². The lowest BCUT2D eigenvalue weighted by Crippen LogP contribution is -2.47. The van der Waals surface area contributed by atoms with Crippen LogP contribution in [-0.4, -0.2) is 29.3 Å². The average molecular weight is 344 g/mol. The van der Waals surface area contributed by atoms with Gasteiger partial charge in [0.2, 0.25) is 0 Å². The van der Waals surface area contributed by atoms with Crippen LogP contribution in [0.2, 0.25) is 0 Å². The Morgan fingerprint density at radius 1 is 1.38 bits per heavy atom. The number of rotatable bonds is 4. The lowest BCUT2D eigenvalue weighted by molar-refractivity contribution is -0.128. The molecule has 126 valence electrons. The molecule has 1 aliphatic heterocycles. The fourth-order valence-electron chi connectivity index (χ4n) is 2.91. The van der Waals surface area contributed by atoms with Gasteiger partial charge in [-0.25, -0.2) is 4.98 Å². The molecule has 0 bridgehead atoms. The van der Waals surface area contributed by atoms with E-state index in [-0.39, 0.29) is 18.2 Å². The van der Waals surface area contributed by atoms with Crippen molar-refractivity contribution in [3.63, 3.8) is 0 Å². The second kappa shape index (κ2) is 6.36. The average Bonchev–Trinajstić information content (AvgIpc) is 2.87. The van der Waals surface area contributed by atoms with Gasteiger partial charge in [0.15, 0.2) is 6.10 Å². The van der Waals surface area contributed by atoms with E-state index in [1.165, 1.54) is 11.8 Å². The number of fused-ring (bicyclic) bond motifs is 1. The molecule has 1 atom stereocenters. The Hall–Kier alpha value is -2.21. The third kappa shape index (κ3) is 2.94. The highest BCUT2D eigenvalue weighted by molar-refractivity contribution is 7.11. The van der Waals surface area contributed by atoms with Crippen molar-refractivity contribution < 1.29 is 14.3 Å². The zero-order chi connectivity index (χ0) is 17.4. The van der Waals surface area contributed by atoms with Crippen LogP contribution in [0.5, 0.6) is 5.75 Å². The molecule has 1 aromatic carbocycles. The minimum Gasteiger partial charge on any atom is -0.478 e. The van der Waals surface area contributed by atoms with Crippen molar-refractivity contribution in [1.29, 1.82) is 0 Å². The number of Topliss-reactive ketones (excluding diaryl/α,β-unsaturated/α-hetero) is 1. The third-order valence-electron chi connectivity index (χ3n) is 3.99. The maximum atomic E-state index is 12.6. The van der Waals surface area contributed by atoms with E-state index in [1.807, 2.05) is 39.0 Å². The first-order chi connectivity index (χ1) is 11.4. The Labute approximate surface area is 145 Å². The molecule has 5 nitrogen and oxygen atoms in total. The largest absolute Gasteiger partial charge is 0.478 e. The van der Waals surface area contributed by atoms with Gasteiger partial charge in [-0.05, 0) is 45.4 Å². The molecule has 2 heterocycles. The first-order valence-electron chi connectivity index (χ1n) is 7.96. The van der Waals surface area contributed by atoms with Crippen molar-refractivity contribution in [3.05, 3.63) is 28.1 Å². The van der Waals surface area contributed by atoms with E-state index in [1.54, 1.807) is 11.3 Å². The summed E-state index contributed by atoms with van der Waals surface area (Å²) in [5, 5.41) is 0.999. The molecule has 1 aromatic heterocycles. The number of carbonyl (C=O) groups is 2. The summed E-state index contributed by atoms with van der Waals surface area (Å²) < 4.78 is 5.81. The van der Waals surface area contributed by atoms with Crippen molar-refractivity contribution in [2.45, 2.75) is 40.2 Å². The molecular formula is C18H20N2O3S. The number of aromatic nitrogens is 1. The van der Waals surface area contributed by atoms with E-state index in [0.29, 0.717) is 17.9 Å². The summed E-state index contributed by atoms with van der Waals surface area (Å²) in [7, 11) is 0. The standard InChI is InChI=1S/C18H20N2O3S/c1-5-15-18(22)20(9-10(2)21)14-8-13(6-7-16(14)23-15)17-11(3)24-12(4)19-17/h6-8,15H,5,9H2,1-4H3. The molecule has 1 amide bonds. The maximum Gasteiger partial charge on any atom is 0.268 e. The number of hydrogen-bond acceptors (Lipinski definition) is 5. The van der Waals surface area contributed by atoms with Crippen molar-refractivity contribution in [2.75, 3.05) is 11.4 Å². The van der Waals surface area contributed by atoms with Crippen LogP contribution < -0.4 is 9.64 Å². The molecular weight excluding hydrogens is 324 g/mol. The summed E-state index contributed by atoms with van der Waals surface area (Å²) >= 11 is 1.64. The van der Waals surface area contributed by atoms with Gasteiger partial charge in [0.05, 0.1) is 22.9 Å². The maximum absolute atomic E-state index is 12.6. The molecule has 24 heavy (non-hydrogen) atoms. The molecule has 0 radical (unpaired) electrons. The molecule has 0 aliphatic carbocycles. The van der Waals surface area contributed by atoms with Crippen LogP contribution in [0.25, 0.3) is 11.3 Å². The zero-order valence-corrected chi connectivity index (χ0v) is 15.1. The van der Waals surface area contributed by atoms with E-state index in [4.69, 9.17) is 4.74 Å². The number of hydrogen-bond donors (Lipinski definition) is 0. The van der Waals surface area contributed by atoms with E-state index in [9.17, 15) is 9.59 Å². The first kappa shape index (κ1) is 16.6. The molecule has 1 unspecified atom stereocenters. The quantitative estimate of drug-likeness (QED) is 0.851. The van der Waals surface area contributed by atoms with Crippen molar-refractivity contribution in [2.24, 2.45) is 0 Å². The molecule has 1 aliphatic rings. The Kier molecular flexibility index (Phi) is 4.41. The van der Waals surface area contributed by atoms with Gasteiger partial charge in [-0.2, -0.15) is 0 Å². The summed E-state index contributed by atoms with van der Waals surface area (Å²) in [6.45, 7) is 7.45. The van der Waals surface area contributed by atoms with Gasteiger partial charge < -0.3 is 4.74 Å². The second-order valence-corrected chi connectivity index (χ2v) is 7.37. The molecule has 0 saturated carbocycles. The van der Waals surface area contributed by atoms with Crippen molar-refractivity contribution in [1.82, 2.24) is 4.98 Å². The predicted octanol–water partition coefficient (Wildman–Crippen LogP) is 3.52. The zero-order valence-electron chi connectivity index (χ0n) is 14.3. The fraction of sp³-hybridized carbons (Fsp3) is 0.389. The van der Waals surface area contributed by atoms with Gasteiger partial charge in [-0.15, -0.1) is 11.3 Å². The summed E-state index contributed by atoms with van der Waals surface area (Å²) in [5.41, 5.74) is 2.48. The molecule has 6 heteroatoms. The number of anilines is 1. The van der Waals surface area contributed by atoms with Gasteiger partial charge in [0.25, 0.3) is 5.91 Å². The fourth-order valence-corrected chi connectivity index (χ4v) is 3.75. The van der Waals surface area contributed by atoms with Crippen LogP contribution >= 0.6 is 11.3 Å². The molecule has 0 spiro atoms. The Morgan fingerprint density at radius 3 is 2.71 bits per heavy atom. The molecule has 2 aromatic rings. The summed E-state index contributed by atoms with van der Waals surface area (Å²) in [6.07, 6.45) is 0.0321. The highest BCUT2D eigenvalue weighted by atomic mass is 32.1. The normalized spacial score (nSPS) is 16.8. The van der Waals surface area contributed by atoms with Gasteiger partial charge in [0.1, 0.15) is 11.5 Å². The van der Waals surface area contributed by atoms with Crippen LogP contribution in [0.4, 0.5) is 5.69 Å². The van der Waals surface area contributed by atoms with E-state index >= 15 is 0 Å². The number of nitrogens with zero attached hydrogens (tertiary/aromatic N) is 2. The monoisotopic (exact) mass is 344 g/mol. The first-order valence-corrected chi connectivity index (χ1v) is 8.78. The number of aryl methyl sites for hydroxylation is 2. The van der Waals surface area contributed by atoms with Crippen LogP contribution in [-0.2, 0) is 9.59 Å². The number of ether oxygens (including phenoxy) is 1. The van der Waals surface area contributed by atoms with E-state index in [0.717, 1.165) is 21.1 Å². The minimum absolute atomic E-state index is 0.0582. The number of benzene rings is 1. The van der Waals surface area contributed by atoms with Crippen molar-refractivity contribution in [3.8, 4) is 17.0 Å². The Morgan fingerprint density at radius 2 is 2.12 bits per heavy atom. The number of thiazole rings is 1. The Balaban J connectivity index is 2.09. The van der Waals surface area contributed by atoms with Gasteiger partial charge in [-0.3, -0.25) is 14.5 Å². The number of ketones is 1. The number of amides is 1. The van der Waals surface area contributed by atoms with Crippen molar-refractivity contribution >= 4 is 28.7 Å². The Bertz CT molecular complexity index is 813. The minimum atomic E-state index is -0.536. The van der Waals surface area contributed by atoms with Gasteiger partial charge in [0, 0.05) is 10.4 Å². The second-order valence-electron chi connectivity index (χ2n) is 5.96. The highest BCUT2D eigenvalue weighted by Crippen LogP contribution is 2.39. The highest BCUT2D eigenvalue weighted by Gasteiger charge is 2.34. The van der Waals surface area contributed by atoms with Gasteiger partial charge in [-0.1, -0.05) is 6.92 Å². The summed E-state index contributed by atoms with van der Waals surface area (Å²) in [5.74, 6) is 0.414.